The molecule has 1 atom stereocenters. The van der Waals surface area contributed by atoms with Crippen molar-refractivity contribution in [3.63, 3.8) is 0 Å². The van der Waals surface area contributed by atoms with E-state index in [4.69, 9.17) is 0 Å². The third-order valence-corrected chi connectivity index (χ3v) is 6.45. The first kappa shape index (κ1) is 27.2. The van der Waals surface area contributed by atoms with Gasteiger partial charge in [0.05, 0.1) is 0 Å². The fourth-order valence-electron chi connectivity index (χ4n) is 4.32. The lowest BCUT2D eigenvalue weighted by atomic mass is 9.93. The fourth-order valence-corrected chi connectivity index (χ4v) is 4.32. The highest BCUT2D eigenvalue weighted by atomic mass is 19.2. The number of rotatable bonds is 7. The zero-order valence-electron chi connectivity index (χ0n) is 20.6. The van der Waals surface area contributed by atoms with Crippen LogP contribution in [0.5, 0.6) is 0 Å². The summed E-state index contributed by atoms with van der Waals surface area (Å²) in [5.74, 6) is -10.3. The zero-order chi connectivity index (χ0) is 27.6. The first-order chi connectivity index (χ1) is 18.1. The summed E-state index contributed by atoms with van der Waals surface area (Å²) in [4.78, 5) is 0. The highest BCUT2D eigenvalue weighted by Crippen LogP contribution is 2.35. The van der Waals surface area contributed by atoms with Crippen molar-refractivity contribution < 1.29 is 30.7 Å². The van der Waals surface area contributed by atoms with Gasteiger partial charge in [-0.25, -0.2) is 30.7 Å². The first-order valence-corrected chi connectivity index (χ1v) is 12.0. The molecule has 0 fully saturated rings. The fraction of sp³-hybridized carbons (Fsp3) is 0.161. The minimum atomic E-state index is -1.84. The monoisotopic (exact) mass is 528 g/mol. The smallest absolute Gasteiger partial charge is 0.194 e. The summed E-state index contributed by atoms with van der Waals surface area (Å²) < 4.78 is 98.9. The van der Waals surface area contributed by atoms with E-state index in [0.29, 0.717) is 11.5 Å². The van der Waals surface area contributed by atoms with E-state index in [1.807, 2.05) is 24.3 Å². The molecule has 7 heteroatoms. The predicted octanol–water partition coefficient (Wildman–Crippen LogP) is 10.4. The molecule has 4 rings (SSSR count). The van der Waals surface area contributed by atoms with Crippen LogP contribution < -0.4 is 0 Å². The molecule has 0 bridgehead atoms. The van der Waals surface area contributed by atoms with Crippen LogP contribution in [0.2, 0.25) is 0 Å². The van der Waals surface area contributed by atoms with E-state index in [1.54, 1.807) is 6.07 Å². The van der Waals surface area contributed by atoms with Crippen LogP contribution in [0.15, 0.2) is 72.8 Å². The normalized spacial score (nSPS) is 12.9. The Morgan fingerprint density at radius 2 is 1.21 bits per heavy atom. The highest BCUT2D eigenvalue weighted by molar-refractivity contribution is 5.84. The summed E-state index contributed by atoms with van der Waals surface area (Å²) in [5, 5.41) is 0. The SMILES string of the molecule is CCCC(C)c1ccc(-c2ccc(-c3ccc(/C(F)=C(\F)c4cc(F)c(F)c(F)c4)c(F)c3)c(F)c2)cc1. The molecule has 196 valence electrons. The Labute approximate surface area is 216 Å². The Hall–Kier alpha value is -3.87. The van der Waals surface area contributed by atoms with Crippen LogP contribution in [0.3, 0.4) is 0 Å². The Kier molecular flexibility index (Phi) is 8.05. The molecule has 0 N–H and O–H groups in total. The van der Waals surface area contributed by atoms with Gasteiger partial charge < -0.3 is 0 Å². The second-order valence-electron chi connectivity index (χ2n) is 9.08. The molecule has 0 saturated carbocycles. The van der Waals surface area contributed by atoms with Crippen molar-refractivity contribution in [1.29, 1.82) is 0 Å². The number of benzene rings is 4. The van der Waals surface area contributed by atoms with Crippen molar-refractivity contribution in [2.45, 2.75) is 32.6 Å². The van der Waals surface area contributed by atoms with E-state index in [9.17, 15) is 26.3 Å². The van der Waals surface area contributed by atoms with E-state index in [0.717, 1.165) is 30.5 Å². The average Bonchev–Trinajstić information content (AvgIpc) is 2.90. The lowest BCUT2D eigenvalue weighted by Gasteiger charge is -2.12. The Morgan fingerprint density at radius 1 is 0.632 bits per heavy atom. The zero-order valence-corrected chi connectivity index (χ0v) is 20.6. The van der Waals surface area contributed by atoms with Crippen LogP contribution in [0.4, 0.5) is 30.7 Å². The van der Waals surface area contributed by atoms with Crippen molar-refractivity contribution in [3.05, 3.63) is 119 Å². The van der Waals surface area contributed by atoms with E-state index in [2.05, 4.69) is 13.8 Å². The van der Waals surface area contributed by atoms with Gasteiger partial charge in [0.1, 0.15) is 11.6 Å². The predicted molar refractivity (Wildman–Crippen MR) is 136 cm³/mol. The molecular weight excluding hydrogens is 505 g/mol. The molecule has 0 amide bonds. The molecular formula is C31H23F7. The second-order valence-corrected chi connectivity index (χ2v) is 9.08. The van der Waals surface area contributed by atoms with Crippen LogP contribution >= 0.6 is 0 Å². The molecule has 4 aromatic carbocycles. The average molecular weight is 529 g/mol. The van der Waals surface area contributed by atoms with Crippen molar-refractivity contribution in [1.82, 2.24) is 0 Å². The number of hydrogen-bond acceptors (Lipinski definition) is 0. The Bertz CT molecular complexity index is 1480. The maximum Gasteiger partial charge on any atom is 0.194 e. The third kappa shape index (κ3) is 5.52. The van der Waals surface area contributed by atoms with Crippen LogP contribution in [0.25, 0.3) is 33.9 Å². The number of halogens is 7. The van der Waals surface area contributed by atoms with Gasteiger partial charge in [-0.05, 0) is 64.9 Å². The molecule has 0 aliphatic heterocycles. The Morgan fingerprint density at radius 3 is 1.79 bits per heavy atom. The molecule has 0 aliphatic rings. The molecule has 0 spiro atoms. The quantitative estimate of drug-likeness (QED) is 0.127. The molecule has 0 aromatic heterocycles. The summed E-state index contributed by atoms with van der Waals surface area (Å²) in [6.07, 6.45) is 2.14. The summed E-state index contributed by atoms with van der Waals surface area (Å²) in [7, 11) is 0. The molecule has 0 radical (unpaired) electrons. The summed E-state index contributed by atoms with van der Waals surface area (Å²) in [5.41, 5.74) is 0.956. The summed E-state index contributed by atoms with van der Waals surface area (Å²) in [6, 6.07) is 15.7. The molecule has 0 heterocycles. The minimum absolute atomic E-state index is 0.0416. The van der Waals surface area contributed by atoms with Gasteiger partial charge in [-0.1, -0.05) is 62.7 Å². The molecule has 0 nitrogen and oxygen atoms in total. The van der Waals surface area contributed by atoms with Crippen molar-refractivity contribution in [2.75, 3.05) is 0 Å². The first-order valence-electron chi connectivity index (χ1n) is 12.0. The molecule has 4 aromatic rings. The van der Waals surface area contributed by atoms with Gasteiger partial charge in [0.2, 0.25) is 0 Å². The summed E-state index contributed by atoms with van der Waals surface area (Å²) >= 11 is 0. The number of hydrogen-bond donors (Lipinski definition) is 0. The highest BCUT2D eigenvalue weighted by Gasteiger charge is 2.20. The Balaban J connectivity index is 1.61. The van der Waals surface area contributed by atoms with Crippen molar-refractivity contribution >= 4 is 11.7 Å². The van der Waals surface area contributed by atoms with Gasteiger partial charge in [-0.3, -0.25) is 0 Å². The largest absolute Gasteiger partial charge is 0.206 e. The van der Waals surface area contributed by atoms with Crippen molar-refractivity contribution in [2.24, 2.45) is 0 Å². The van der Waals surface area contributed by atoms with E-state index in [1.165, 1.54) is 23.8 Å². The van der Waals surface area contributed by atoms with Gasteiger partial charge in [0, 0.05) is 16.7 Å². The van der Waals surface area contributed by atoms with Gasteiger partial charge in [0.25, 0.3) is 0 Å². The van der Waals surface area contributed by atoms with E-state index >= 15 is 4.39 Å². The topological polar surface area (TPSA) is 0 Å². The summed E-state index contributed by atoms with van der Waals surface area (Å²) in [6.45, 7) is 4.27. The van der Waals surface area contributed by atoms with Gasteiger partial charge in [0.15, 0.2) is 29.1 Å². The van der Waals surface area contributed by atoms with Crippen LogP contribution in [-0.2, 0) is 0 Å². The molecule has 38 heavy (non-hydrogen) atoms. The maximum atomic E-state index is 15.0. The van der Waals surface area contributed by atoms with Crippen LogP contribution in [0.1, 0.15) is 49.3 Å². The molecule has 1 unspecified atom stereocenters. The van der Waals surface area contributed by atoms with Crippen LogP contribution in [-0.4, -0.2) is 0 Å². The molecule has 0 aliphatic carbocycles. The maximum absolute atomic E-state index is 15.0. The van der Waals surface area contributed by atoms with Gasteiger partial charge in [-0.15, -0.1) is 0 Å². The van der Waals surface area contributed by atoms with Crippen LogP contribution in [0, 0.1) is 29.1 Å². The lowest BCUT2D eigenvalue weighted by molar-refractivity contribution is 0.446. The van der Waals surface area contributed by atoms with E-state index < -0.39 is 51.9 Å². The van der Waals surface area contributed by atoms with Gasteiger partial charge in [-0.2, -0.15) is 0 Å². The second kappa shape index (κ2) is 11.3. The lowest BCUT2D eigenvalue weighted by Crippen LogP contribution is -1.95. The standard InChI is InChI=1S/C31H23F7/c1-3-4-17(2)18-5-7-19(8-6-18)20-9-11-23(25(32)13-20)21-10-12-24(26(33)14-21)30(37)29(36)22-15-27(34)31(38)28(35)16-22/h5-17H,3-4H2,1-2H3/b30-29+. The molecule has 0 saturated heterocycles. The third-order valence-electron chi connectivity index (χ3n) is 6.45. The van der Waals surface area contributed by atoms with Crippen molar-refractivity contribution in [3.8, 4) is 22.3 Å². The van der Waals surface area contributed by atoms with Gasteiger partial charge >= 0.3 is 0 Å². The van der Waals surface area contributed by atoms with E-state index in [-0.39, 0.29) is 23.3 Å². The minimum Gasteiger partial charge on any atom is -0.206 e.